The van der Waals surface area contributed by atoms with Gasteiger partial charge in [0, 0.05) is 4.88 Å². The molecule has 1 N–H and O–H groups in total. The van der Waals surface area contributed by atoms with Crippen LogP contribution < -0.4 is 0 Å². The highest BCUT2D eigenvalue weighted by molar-refractivity contribution is 7.21. The molecule has 0 saturated carbocycles. The minimum atomic E-state index is -0.748. The normalized spacial score (nSPS) is 18.6. The first-order valence-electron chi connectivity index (χ1n) is 5.02. The highest BCUT2D eigenvalue weighted by Crippen LogP contribution is 2.40. The summed E-state index contributed by atoms with van der Waals surface area (Å²) in [5.74, 6) is -1.14. The molecule has 82 valence electrons. The highest BCUT2D eigenvalue weighted by atomic mass is 32.1. The Balaban J connectivity index is 2.02. The van der Waals surface area contributed by atoms with Crippen molar-refractivity contribution in [2.45, 2.75) is 18.8 Å². The molecule has 2 heterocycles. The summed E-state index contributed by atoms with van der Waals surface area (Å²) in [6, 6.07) is 4.01. The van der Waals surface area contributed by atoms with Crippen molar-refractivity contribution in [3.05, 3.63) is 28.1 Å². The van der Waals surface area contributed by atoms with E-state index in [1.165, 1.54) is 0 Å². The van der Waals surface area contributed by atoms with Crippen LogP contribution >= 0.6 is 22.7 Å². The number of aliphatic carboxylic acids is 1. The van der Waals surface area contributed by atoms with Crippen molar-refractivity contribution < 1.29 is 9.90 Å². The van der Waals surface area contributed by atoms with Crippen LogP contribution in [0.2, 0.25) is 0 Å². The summed E-state index contributed by atoms with van der Waals surface area (Å²) in [5.41, 5.74) is 0.792. The number of aromatic nitrogens is 1. The predicted octanol–water partition coefficient (Wildman–Crippen LogP) is 2.99. The first-order chi connectivity index (χ1) is 7.75. The molecular formula is C11H9NO2S2. The molecule has 5 heteroatoms. The van der Waals surface area contributed by atoms with Crippen LogP contribution in [0.25, 0.3) is 9.88 Å². The molecule has 0 fully saturated rings. The van der Waals surface area contributed by atoms with E-state index in [0.717, 1.165) is 26.9 Å². The summed E-state index contributed by atoms with van der Waals surface area (Å²) >= 11 is 3.28. The zero-order valence-corrected chi connectivity index (χ0v) is 9.98. The minimum Gasteiger partial charge on any atom is -0.481 e. The van der Waals surface area contributed by atoms with Crippen LogP contribution in [0.1, 0.15) is 22.9 Å². The Kier molecular flexibility index (Phi) is 2.29. The van der Waals surface area contributed by atoms with E-state index in [4.69, 9.17) is 5.11 Å². The number of aryl methyl sites for hydroxylation is 1. The fourth-order valence-electron chi connectivity index (χ4n) is 1.97. The number of fused-ring (bicyclic) bond motifs is 1. The monoisotopic (exact) mass is 251 g/mol. The van der Waals surface area contributed by atoms with Crippen molar-refractivity contribution in [2.75, 3.05) is 0 Å². The average molecular weight is 251 g/mol. The van der Waals surface area contributed by atoms with E-state index in [0.29, 0.717) is 6.42 Å². The number of carboxylic acids is 1. The molecule has 0 aliphatic heterocycles. The molecule has 1 unspecified atom stereocenters. The van der Waals surface area contributed by atoms with E-state index >= 15 is 0 Å². The van der Waals surface area contributed by atoms with E-state index in [1.54, 1.807) is 22.7 Å². The van der Waals surface area contributed by atoms with Gasteiger partial charge in [0.1, 0.15) is 10.9 Å². The number of hydrogen-bond donors (Lipinski definition) is 1. The van der Waals surface area contributed by atoms with E-state index in [9.17, 15) is 4.79 Å². The number of carbonyl (C=O) groups is 1. The molecule has 1 aliphatic carbocycles. The quantitative estimate of drug-likeness (QED) is 0.892. The molecular weight excluding hydrogens is 242 g/mol. The Morgan fingerprint density at radius 2 is 2.44 bits per heavy atom. The van der Waals surface area contributed by atoms with Crippen molar-refractivity contribution >= 4 is 28.6 Å². The molecule has 0 bridgehead atoms. The number of rotatable bonds is 2. The summed E-state index contributed by atoms with van der Waals surface area (Å²) in [6.07, 6.45) is 1.56. The van der Waals surface area contributed by atoms with Gasteiger partial charge in [0.25, 0.3) is 0 Å². The molecule has 2 aromatic heterocycles. The highest BCUT2D eigenvalue weighted by Gasteiger charge is 2.32. The van der Waals surface area contributed by atoms with Gasteiger partial charge in [-0.1, -0.05) is 6.07 Å². The zero-order chi connectivity index (χ0) is 11.1. The largest absolute Gasteiger partial charge is 0.481 e. The van der Waals surface area contributed by atoms with Crippen LogP contribution in [0.5, 0.6) is 0 Å². The zero-order valence-electron chi connectivity index (χ0n) is 8.34. The van der Waals surface area contributed by atoms with Crippen LogP contribution in [-0.4, -0.2) is 16.1 Å². The van der Waals surface area contributed by atoms with Gasteiger partial charge in [-0.2, -0.15) is 0 Å². The summed E-state index contributed by atoms with van der Waals surface area (Å²) in [7, 11) is 0. The van der Waals surface area contributed by atoms with Crippen LogP contribution in [0.4, 0.5) is 0 Å². The average Bonchev–Trinajstić information content (AvgIpc) is 2.92. The van der Waals surface area contributed by atoms with Gasteiger partial charge >= 0.3 is 5.97 Å². The first-order valence-corrected chi connectivity index (χ1v) is 6.71. The lowest BCUT2D eigenvalue weighted by molar-refractivity contribution is -0.138. The fraction of sp³-hybridized carbons (Fsp3) is 0.273. The molecule has 16 heavy (non-hydrogen) atoms. The Bertz CT molecular complexity index is 530. The van der Waals surface area contributed by atoms with Crippen molar-refractivity contribution in [1.82, 2.24) is 4.98 Å². The van der Waals surface area contributed by atoms with Crippen LogP contribution in [0, 0.1) is 0 Å². The first kappa shape index (κ1) is 9.99. The second-order valence-corrected chi connectivity index (χ2v) is 5.77. The van der Waals surface area contributed by atoms with Crippen molar-refractivity contribution in [2.24, 2.45) is 0 Å². The third-order valence-electron chi connectivity index (χ3n) is 2.75. The van der Waals surface area contributed by atoms with Gasteiger partial charge < -0.3 is 5.11 Å². The van der Waals surface area contributed by atoms with Crippen molar-refractivity contribution in [3.63, 3.8) is 0 Å². The van der Waals surface area contributed by atoms with E-state index in [2.05, 4.69) is 4.98 Å². The topological polar surface area (TPSA) is 50.2 Å². The molecule has 2 aromatic rings. The third kappa shape index (κ3) is 1.47. The van der Waals surface area contributed by atoms with Gasteiger partial charge in [0.2, 0.25) is 0 Å². The van der Waals surface area contributed by atoms with Crippen LogP contribution in [0.15, 0.2) is 17.5 Å². The molecule has 3 rings (SSSR count). The smallest absolute Gasteiger partial charge is 0.312 e. The molecule has 0 radical (unpaired) electrons. The molecule has 0 amide bonds. The van der Waals surface area contributed by atoms with Gasteiger partial charge in [-0.05, 0) is 24.3 Å². The second-order valence-electron chi connectivity index (χ2n) is 3.73. The number of thiophene rings is 1. The fourth-order valence-corrected chi connectivity index (χ4v) is 3.91. The van der Waals surface area contributed by atoms with Gasteiger partial charge in [0.15, 0.2) is 0 Å². The third-order valence-corrected chi connectivity index (χ3v) is 4.92. The van der Waals surface area contributed by atoms with Crippen molar-refractivity contribution in [1.29, 1.82) is 0 Å². The maximum atomic E-state index is 11.0. The second kappa shape index (κ2) is 3.68. The molecule has 0 saturated heterocycles. The lowest BCUT2D eigenvalue weighted by Crippen LogP contribution is -2.08. The molecule has 0 spiro atoms. The van der Waals surface area contributed by atoms with Gasteiger partial charge in [0.05, 0.1) is 10.6 Å². The maximum Gasteiger partial charge on any atom is 0.312 e. The lowest BCUT2D eigenvalue weighted by Gasteiger charge is -2.00. The molecule has 3 nitrogen and oxygen atoms in total. The number of nitrogens with zero attached hydrogens (tertiary/aromatic N) is 1. The Hall–Kier alpha value is -1.20. The van der Waals surface area contributed by atoms with Gasteiger partial charge in [-0.25, -0.2) is 4.98 Å². The number of thiazole rings is 1. The summed E-state index contributed by atoms with van der Waals surface area (Å²) < 4.78 is 0. The van der Waals surface area contributed by atoms with Gasteiger partial charge in [-0.15, -0.1) is 22.7 Å². The van der Waals surface area contributed by atoms with Gasteiger partial charge in [-0.3, -0.25) is 4.79 Å². The Morgan fingerprint density at radius 1 is 1.56 bits per heavy atom. The van der Waals surface area contributed by atoms with Crippen molar-refractivity contribution in [3.8, 4) is 9.88 Å². The van der Waals surface area contributed by atoms with E-state index in [1.807, 2.05) is 17.5 Å². The molecule has 1 aliphatic rings. The van der Waals surface area contributed by atoms with Crippen LogP contribution in [-0.2, 0) is 11.2 Å². The summed E-state index contributed by atoms with van der Waals surface area (Å²) in [4.78, 5) is 17.8. The van der Waals surface area contributed by atoms with E-state index < -0.39 is 5.97 Å². The summed E-state index contributed by atoms with van der Waals surface area (Å²) in [6.45, 7) is 0. The Labute approximate surface area is 100 Å². The number of hydrogen-bond acceptors (Lipinski definition) is 4. The molecule has 0 aromatic carbocycles. The SMILES string of the molecule is O=C(O)C1CCc2sc(-c3cccs3)nc21. The standard InChI is InChI=1S/C11H9NO2S2/c13-11(14)6-3-4-7-9(6)12-10(16-7)8-2-1-5-15-8/h1-2,5-6H,3-4H2,(H,13,14). The Morgan fingerprint density at radius 3 is 3.12 bits per heavy atom. The predicted molar refractivity (Wildman–Crippen MR) is 64.1 cm³/mol. The van der Waals surface area contributed by atoms with Crippen LogP contribution in [0.3, 0.4) is 0 Å². The lowest BCUT2D eigenvalue weighted by atomic mass is 10.1. The number of carboxylic acid groups (broad SMARTS) is 1. The van der Waals surface area contributed by atoms with E-state index in [-0.39, 0.29) is 5.92 Å². The maximum absolute atomic E-state index is 11.0. The molecule has 1 atom stereocenters. The minimum absolute atomic E-state index is 0.389. The summed E-state index contributed by atoms with van der Waals surface area (Å²) in [5, 5.41) is 12.0.